The fraction of sp³-hybridized carbons (Fsp3) is 0.227. The Hall–Kier alpha value is -3.61. The van der Waals surface area contributed by atoms with Crippen molar-refractivity contribution in [2.45, 2.75) is 26.9 Å². The van der Waals surface area contributed by atoms with Crippen molar-refractivity contribution >= 4 is 11.9 Å². The van der Waals surface area contributed by atoms with Crippen molar-refractivity contribution in [2.75, 3.05) is 12.1 Å². The molecule has 148 valence electrons. The van der Waals surface area contributed by atoms with Crippen LogP contribution in [0.25, 0.3) is 0 Å². The highest BCUT2D eigenvalue weighted by molar-refractivity contribution is 5.92. The van der Waals surface area contributed by atoms with E-state index in [1.54, 1.807) is 6.07 Å². The van der Waals surface area contributed by atoms with Gasteiger partial charge in [0.15, 0.2) is 11.5 Å². The summed E-state index contributed by atoms with van der Waals surface area (Å²) in [4.78, 5) is 21.3. The molecule has 7 heteroatoms. The number of fused-ring (bicyclic) bond motifs is 1. The maximum atomic E-state index is 12.6. The maximum absolute atomic E-state index is 12.6. The minimum Gasteiger partial charge on any atom is -0.454 e. The minimum absolute atomic E-state index is 0.226. The number of aromatic nitrogens is 2. The van der Waals surface area contributed by atoms with Gasteiger partial charge in [-0.2, -0.15) is 0 Å². The summed E-state index contributed by atoms with van der Waals surface area (Å²) in [7, 11) is 0. The first-order valence-electron chi connectivity index (χ1n) is 9.39. The van der Waals surface area contributed by atoms with Gasteiger partial charge in [-0.05, 0) is 43.2 Å². The third-order valence-corrected chi connectivity index (χ3v) is 4.55. The van der Waals surface area contributed by atoms with Crippen molar-refractivity contribution in [2.24, 2.45) is 0 Å². The summed E-state index contributed by atoms with van der Waals surface area (Å²) in [5.74, 6) is 1.58. The Balaban J connectivity index is 1.39. The zero-order valence-corrected chi connectivity index (χ0v) is 16.4. The summed E-state index contributed by atoms with van der Waals surface area (Å²) < 4.78 is 10.7. The molecule has 2 heterocycles. The van der Waals surface area contributed by atoms with Gasteiger partial charge in [0.1, 0.15) is 5.69 Å². The highest BCUT2D eigenvalue weighted by Crippen LogP contribution is 2.32. The molecule has 0 spiro atoms. The number of nitrogens with one attached hydrogen (secondary N) is 2. The molecule has 3 aromatic rings. The summed E-state index contributed by atoms with van der Waals surface area (Å²) in [5, 5.41) is 6.07. The van der Waals surface area contributed by atoms with E-state index < -0.39 is 0 Å². The number of benzene rings is 2. The highest BCUT2D eigenvalue weighted by atomic mass is 16.7. The van der Waals surface area contributed by atoms with Crippen LogP contribution in [-0.2, 0) is 13.1 Å². The molecule has 2 N–H and O–H groups in total. The average Bonchev–Trinajstić information content (AvgIpc) is 3.19. The van der Waals surface area contributed by atoms with Crippen LogP contribution in [0.2, 0.25) is 0 Å². The smallest absolute Gasteiger partial charge is 0.270 e. The fourth-order valence-electron chi connectivity index (χ4n) is 2.97. The van der Waals surface area contributed by atoms with Crippen LogP contribution < -0.4 is 20.1 Å². The molecule has 0 aliphatic carbocycles. The molecule has 0 saturated heterocycles. The van der Waals surface area contributed by atoms with Gasteiger partial charge in [0.05, 0.1) is 0 Å². The monoisotopic (exact) mass is 390 g/mol. The van der Waals surface area contributed by atoms with Gasteiger partial charge in [0, 0.05) is 18.8 Å². The molecular formula is C22H22N4O3. The van der Waals surface area contributed by atoms with Gasteiger partial charge in [-0.15, -0.1) is 0 Å². The van der Waals surface area contributed by atoms with Crippen LogP contribution in [0.4, 0.5) is 5.95 Å². The number of carbonyl (C=O) groups excluding carboxylic acids is 1. The third kappa shape index (κ3) is 4.63. The second-order valence-electron chi connectivity index (χ2n) is 6.93. The number of rotatable bonds is 6. The van der Waals surface area contributed by atoms with Crippen molar-refractivity contribution in [1.82, 2.24) is 15.3 Å². The summed E-state index contributed by atoms with van der Waals surface area (Å²) in [6, 6.07) is 15.5. The lowest BCUT2D eigenvalue weighted by Crippen LogP contribution is -2.24. The van der Waals surface area contributed by atoms with E-state index in [2.05, 4.69) is 51.8 Å². The largest absolute Gasteiger partial charge is 0.454 e. The van der Waals surface area contributed by atoms with Crippen molar-refractivity contribution in [1.29, 1.82) is 0 Å². The van der Waals surface area contributed by atoms with Crippen molar-refractivity contribution in [3.8, 4) is 11.5 Å². The zero-order chi connectivity index (χ0) is 20.2. The topological polar surface area (TPSA) is 85.4 Å². The summed E-state index contributed by atoms with van der Waals surface area (Å²) in [5.41, 5.74) is 4.30. The van der Waals surface area contributed by atoms with Crippen molar-refractivity contribution in [3.63, 3.8) is 0 Å². The van der Waals surface area contributed by atoms with Gasteiger partial charge in [-0.25, -0.2) is 9.97 Å². The van der Waals surface area contributed by atoms with Crippen LogP contribution in [0.5, 0.6) is 11.5 Å². The quantitative estimate of drug-likeness (QED) is 0.671. The summed E-state index contributed by atoms with van der Waals surface area (Å²) in [6.45, 7) is 5.07. The van der Waals surface area contributed by atoms with Crippen LogP contribution in [0.1, 0.15) is 32.9 Å². The Morgan fingerprint density at radius 1 is 0.931 bits per heavy atom. The standard InChI is InChI=1S/C22H22N4O3/c1-14-3-5-16(6-4-14)11-24-22-25-15(2)9-18(26-22)21(27)23-12-17-7-8-19-20(10-17)29-13-28-19/h3-10H,11-13H2,1-2H3,(H,23,27)(H,24,25,26). The van der Waals surface area contributed by atoms with Gasteiger partial charge >= 0.3 is 0 Å². The average molecular weight is 390 g/mol. The molecule has 29 heavy (non-hydrogen) atoms. The van der Waals surface area contributed by atoms with Crippen molar-refractivity contribution in [3.05, 3.63) is 76.6 Å². The Morgan fingerprint density at radius 2 is 1.69 bits per heavy atom. The first kappa shape index (κ1) is 18.7. The number of aryl methyl sites for hydroxylation is 2. The lowest BCUT2D eigenvalue weighted by atomic mass is 10.1. The van der Waals surface area contributed by atoms with Crippen LogP contribution in [0, 0.1) is 13.8 Å². The van der Waals surface area contributed by atoms with Crippen molar-refractivity contribution < 1.29 is 14.3 Å². The molecule has 1 aromatic heterocycles. The van der Waals surface area contributed by atoms with Crippen LogP contribution >= 0.6 is 0 Å². The molecule has 0 radical (unpaired) electrons. The van der Waals surface area contributed by atoms with E-state index in [1.807, 2.05) is 25.1 Å². The number of ether oxygens (including phenoxy) is 2. The Bertz CT molecular complexity index is 1030. The summed E-state index contributed by atoms with van der Waals surface area (Å²) >= 11 is 0. The van der Waals surface area contributed by atoms with Crippen LogP contribution in [0.3, 0.4) is 0 Å². The number of nitrogens with zero attached hydrogens (tertiary/aromatic N) is 2. The third-order valence-electron chi connectivity index (χ3n) is 4.55. The Labute approximate surface area is 169 Å². The number of hydrogen-bond acceptors (Lipinski definition) is 6. The summed E-state index contributed by atoms with van der Waals surface area (Å²) in [6.07, 6.45) is 0. The normalized spacial score (nSPS) is 11.9. The second-order valence-corrected chi connectivity index (χ2v) is 6.93. The van der Waals surface area contributed by atoms with E-state index in [4.69, 9.17) is 9.47 Å². The highest BCUT2D eigenvalue weighted by Gasteiger charge is 2.14. The minimum atomic E-state index is -0.258. The molecule has 0 atom stereocenters. The van der Waals surface area contributed by atoms with Crippen LogP contribution in [-0.4, -0.2) is 22.7 Å². The first-order chi connectivity index (χ1) is 14.1. The van der Waals surface area contributed by atoms with Gasteiger partial charge < -0.3 is 20.1 Å². The lowest BCUT2D eigenvalue weighted by Gasteiger charge is -2.09. The lowest BCUT2D eigenvalue weighted by molar-refractivity contribution is 0.0945. The molecular weight excluding hydrogens is 368 g/mol. The Kier molecular flexibility index (Phi) is 5.29. The molecule has 1 aliphatic rings. The van der Waals surface area contributed by atoms with E-state index in [-0.39, 0.29) is 12.7 Å². The second kappa shape index (κ2) is 8.18. The predicted molar refractivity (Wildman–Crippen MR) is 109 cm³/mol. The molecule has 1 amide bonds. The molecule has 4 rings (SSSR count). The maximum Gasteiger partial charge on any atom is 0.270 e. The number of carbonyl (C=O) groups is 1. The molecule has 0 bridgehead atoms. The van der Waals surface area contributed by atoms with Gasteiger partial charge in [0.25, 0.3) is 5.91 Å². The van der Waals surface area contributed by atoms with E-state index >= 15 is 0 Å². The van der Waals surface area contributed by atoms with Gasteiger partial charge in [-0.3, -0.25) is 4.79 Å². The SMILES string of the molecule is Cc1ccc(CNc2nc(C)cc(C(=O)NCc3ccc4c(c3)OCO4)n2)cc1. The van der Waals surface area contributed by atoms with E-state index in [1.165, 1.54) is 5.56 Å². The van der Waals surface area contributed by atoms with Crippen LogP contribution in [0.15, 0.2) is 48.5 Å². The molecule has 7 nitrogen and oxygen atoms in total. The molecule has 0 fully saturated rings. The molecule has 1 aliphatic heterocycles. The van der Waals surface area contributed by atoms with E-state index in [0.29, 0.717) is 30.5 Å². The molecule has 0 saturated carbocycles. The fourth-order valence-corrected chi connectivity index (χ4v) is 2.97. The number of amides is 1. The Morgan fingerprint density at radius 3 is 2.52 bits per heavy atom. The molecule has 0 unspecified atom stereocenters. The van der Waals surface area contributed by atoms with E-state index in [9.17, 15) is 4.79 Å². The molecule has 2 aromatic carbocycles. The first-order valence-corrected chi connectivity index (χ1v) is 9.39. The predicted octanol–water partition coefficient (Wildman–Crippen LogP) is 3.36. The zero-order valence-electron chi connectivity index (χ0n) is 16.4. The van der Waals surface area contributed by atoms with Gasteiger partial charge in [-0.1, -0.05) is 35.9 Å². The number of hydrogen-bond donors (Lipinski definition) is 2. The van der Waals surface area contributed by atoms with E-state index in [0.717, 1.165) is 22.6 Å². The number of anilines is 1. The van der Waals surface area contributed by atoms with Gasteiger partial charge in [0.2, 0.25) is 12.7 Å².